The number of rotatable bonds is 2. The number of carbonyl (C=O) groups is 2. The Hall–Kier alpha value is -2.10. The van der Waals surface area contributed by atoms with Gasteiger partial charge >= 0.3 is 0 Å². The van der Waals surface area contributed by atoms with Crippen LogP contribution in [0.15, 0.2) is 36.4 Å². The maximum atomic E-state index is 10.2. The molecule has 0 aromatic heterocycles. The van der Waals surface area contributed by atoms with Crippen molar-refractivity contribution in [3.8, 4) is 0 Å². The topological polar surface area (TPSA) is 80.3 Å². The fraction of sp³-hybridized carbons (Fsp3) is 0.167. The molecular weight excluding hydrogens is 208 g/mol. The Kier molecular flexibility index (Phi) is 6.28. The molecule has 0 heterocycles. The molecule has 0 aliphatic carbocycles. The van der Waals surface area contributed by atoms with E-state index in [4.69, 9.17) is 0 Å². The second kappa shape index (κ2) is 7.23. The van der Waals surface area contributed by atoms with Gasteiger partial charge in [-0.15, -0.1) is 0 Å². The highest BCUT2D eigenvalue weighted by Gasteiger charge is 1.94. The highest BCUT2D eigenvalue weighted by molar-refractivity contribution is 5.89. The summed E-state index contributed by atoms with van der Waals surface area (Å²) in [6.45, 7) is 4.00. The first-order chi connectivity index (χ1) is 7.52. The molecule has 0 amide bonds. The van der Waals surface area contributed by atoms with E-state index in [1.54, 1.807) is 0 Å². The third kappa shape index (κ3) is 4.95. The number of benzene rings is 1. The minimum Gasteiger partial charge on any atom is -0.545 e. The van der Waals surface area contributed by atoms with Gasteiger partial charge in [-0.3, -0.25) is 0 Å². The van der Waals surface area contributed by atoms with Gasteiger partial charge in [-0.25, -0.2) is 0 Å². The van der Waals surface area contributed by atoms with Crippen LogP contribution >= 0.6 is 0 Å². The van der Waals surface area contributed by atoms with Crippen molar-refractivity contribution >= 4 is 11.9 Å². The SMILES string of the molecule is C/C=C/C.O=C([O-])c1ccc(C(=O)[O-])cc1. The molecule has 0 aliphatic heterocycles. The summed E-state index contributed by atoms with van der Waals surface area (Å²) in [6.07, 6.45) is 4.00. The standard InChI is InChI=1S/C8H6O4.C4H8/c9-7(10)5-1-2-6(4-3-5)8(11)12;1-3-4-2/h1-4H,(H,9,10)(H,11,12);3-4H,1-2H3/p-2/b;4-3+. The summed E-state index contributed by atoms with van der Waals surface area (Å²) in [5.74, 6) is -2.67. The molecule has 1 aromatic carbocycles. The maximum Gasteiger partial charge on any atom is 0.0715 e. The Bertz CT molecular complexity index is 340. The monoisotopic (exact) mass is 220 g/mol. The van der Waals surface area contributed by atoms with Crippen LogP contribution in [-0.4, -0.2) is 11.9 Å². The summed E-state index contributed by atoms with van der Waals surface area (Å²) < 4.78 is 0. The number of hydrogen-bond acceptors (Lipinski definition) is 4. The molecule has 0 unspecified atom stereocenters. The van der Waals surface area contributed by atoms with Crippen LogP contribution in [0.2, 0.25) is 0 Å². The van der Waals surface area contributed by atoms with Crippen molar-refractivity contribution < 1.29 is 19.8 Å². The average Bonchev–Trinajstić information content (AvgIpc) is 2.29. The Balaban J connectivity index is 0.000000487. The lowest BCUT2D eigenvalue weighted by molar-refractivity contribution is -0.256. The predicted molar refractivity (Wildman–Crippen MR) is 55.6 cm³/mol. The first kappa shape index (κ1) is 13.9. The Morgan fingerprint density at radius 1 is 0.875 bits per heavy atom. The minimum atomic E-state index is -1.33. The summed E-state index contributed by atoms with van der Waals surface area (Å²) in [5, 5.41) is 20.4. The zero-order valence-electron chi connectivity index (χ0n) is 9.10. The summed E-state index contributed by atoms with van der Waals surface area (Å²) >= 11 is 0. The van der Waals surface area contributed by atoms with Crippen molar-refractivity contribution in [3.63, 3.8) is 0 Å². The lowest BCUT2D eigenvalue weighted by Gasteiger charge is -2.04. The smallest absolute Gasteiger partial charge is 0.0715 e. The zero-order valence-corrected chi connectivity index (χ0v) is 9.10. The van der Waals surface area contributed by atoms with Crippen LogP contribution in [0.4, 0.5) is 0 Å². The predicted octanol–water partition coefficient (Wildman–Crippen LogP) is -0.00400. The van der Waals surface area contributed by atoms with Crippen LogP contribution in [0.25, 0.3) is 0 Å². The van der Waals surface area contributed by atoms with Crippen molar-refractivity contribution in [2.24, 2.45) is 0 Å². The van der Waals surface area contributed by atoms with Crippen LogP contribution in [0.3, 0.4) is 0 Å². The number of aromatic carboxylic acids is 2. The summed E-state index contributed by atoms with van der Waals surface area (Å²) in [4.78, 5) is 20.4. The Morgan fingerprint density at radius 3 is 1.25 bits per heavy atom. The van der Waals surface area contributed by atoms with E-state index >= 15 is 0 Å². The summed E-state index contributed by atoms with van der Waals surface area (Å²) in [5.41, 5.74) is -0.111. The molecule has 0 fully saturated rings. The minimum absolute atomic E-state index is 0.0556. The molecule has 0 bridgehead atoms. The van der Waals surface area contributed by atoms with Crippen molar-refractivity contribution in [1.82, 2.24) is 0 Å². The normalized spacial score (nSPS) is 9.38. The zero-order chi connectivity index (χ0) is 12.6. The third-order valence-electron chi connectivity index (χ3n) is 1.69. The molecule has 0 radical (unpaired) electrons. The van der Waals surface area contributed by atoms with Crippen LogP contribution < -0.4 is 10.2 Å². The van der Waals surface area contributed by atoms with E-state index in [0.717, 1.165) is 24.3 Å². The third-order valence-corrected chi connectivity index (χ3v) is 1.69. The van der Waals surface area contributed by atoms with Gasteiger partial charge in [0.25, 0.3) is 0 Å². The fourth-order valence-electron chi connectivity index (χ4n) is 0.742. The first-order valence-corrected chi connectivity index (χ1v) is 4.63. The van der Waals surface area contributed by atoms with Crippen LogP contribution in [0.1, 0.15) is 34.6 Å². The van der Waals surface area contributed by atoms with Crippen molar-refractivity contribution in [2.75, 3.05) is 0 Å². The van der Waals surface area contributed by atoms with Gasteiger partial charge in [0, 0.05) is 0 Å². The van der Waals surface area contributed by atoms with E-state index in [0.29, 0.717) is 0 Å². The molecule has 0 atom stereocenters. The molecule has 1 aromatic rings. The van der Waals surface area contributed by atoms with E-state index in [9.17, 15) is 19.8 Å². The molecule has 4 nitrogen and oxygen atoms in total. The maximum absolute atomic E-state index is 10.2. The van der Waals surface area contributed by atoms with E-state index in [-0.39, 0.29) is 11.1 Å². The van der Waals surface area contributed by atoms with Crippen LogP contribution in [0, 0.1) is 0 Å². The van der Waals surface area contributed by atoms with Crippen molar-refractivity contribution in [2.45, 2.75) is 13.8 Å². The van der Waals surface area contributed by atoms with E-state index in [1.807, 2.05) is 26.0 Å². The second-order valence-corrected chi connectivity index (χ2v) is 2.82. The number of carboxylic acid groups (broad SMARTS) is 2. The number of carboxylic acids is 2. The van der Waals surface area contributed by atoms with Crippen LogP contribution in [-0.2, 0) is 0 Å². The van der Waals surface area contributed by atoms with Gasteiger partial charge in [-0.2, -0.15) is 0 Å². The van der Waals surface area contributed by atoms with E-state index in [2.05, 4.69) is 0 Å². The molecule has 0 spiro atoms. The van der Waals surface area contributed by atoms with Gasteiger partial charge in [0.2, 0.25) is 0 Å². The quantitative estimate of drug-likeness (QED) is 0.657. The molecule has 0 saturated carbocycles. The molecule has 16 heavy (non-hydrogen) atoms. The fourth-order valence-corrected chi connectivity index (χ4v) is 0.742. The number of allylic oxidation sites excluding steroid dienone is 2. The van der Waals surface area contributed by atoms with Crippen molar-refractivity contribution in [3.05, 3.63) is 47.5 Å². The number of carbonyl (C=O) groups excluding carboxylic acids is 2. The molecule has 4 heteroatoms. The average molecular weight is 220 g/mol. The van der Waals surface area contributed by atoms with Gasteiger partial charge in [-0.05, 0) is 25.0 Å². The van der Waals surface area contributed by atoms with Crippen molar-refractivity contribution in [1.29, 1.82) is 0 Å². The van der Waals surface area contributed by atoms with E-state index < -0.39 is 11.9 Å². The Labute approximate surface area is 93.8 Å². The van der Waals surface area contributed by atoms with Gasteiger partial charge in [-0.1, -0.05) is 36.4 Å². The highest BCUT2D eigenvalue weighted by Crippen LogP contribution is 2.01. The molecule has 0 saturated heterocycles. The molecule has 0 aliphatic rings. The van der Waals surface area contributed by atoms with Gasteiger partial charge in [0.15, 0.2) is 0 Å². The molecular formula is C12H12O4-2. The van der Waals surface area contributed by atoms with E-state index in [1.165, 1.54) is 0 Å². The summed E-state index contributed by atoms with van der Waals surface area (Å²) in [6, 6.07) is 4.61. The first-order valence-electron chi connectivity index (χ1n) is 4.63. The molecule has 1 rings (SSSR count). The van der Waals surface area contributed by atoms with Crippen LogP contribution in [0.5, 0.6) is 0 Å². The molecule has 86 valence electrons. The molecule has 0 N–H and O–H groups in total. The number of hydrogen-bond donors (Lipinski definition) is 0. The van der Waals surface area contributed by atoms with Gasteiger partial charge < -0.3 is 19.8 Å². The van der Waals surface area contributed by atoms with Gasteiger partial charge in [0.05, 0.1) is 11.9 Å². The second-order valence-electron chi connectivity index (χ2n) is 2.82. The summed E-state index contributed by atoms with van der Waals surface area (Å²) in [7, 11) is 0. The lowest BCUT2D eigenvalue weighted by atomic mass is 10.1. The lowest BCUT2D eigenvalue weighted by Crippen LogP contribution is -2.24. The highest BCUT2D eigenvalue weighted by atomic mass is 16.4. The van der Waals surface area contributed by atoms with Gasteiger partial charge in [0.1, 0.15) is 0 Å². The Morgan fingerprint density at radius 2 is 1.12 bits per heavy atom. The largest absolute Gasteiger partial charge is 0.545 e.